The molecule has 0 spiro atoms. The molecule has 0 rings (SSSR count). The van der Waals surface area contributed by atoms with Gasteiger partial charge in [0.15, 0.2) is 0 Å². The number of hydrogen-bond donors (Lipinski definition) is 0. The van der Waals surface area contributed by atoms with Gasteiger partial charge in [-0.05, 0) is 12.3 Å². The molecule has 0 nitrogen and oxygen atoms in total. The normalized spacial score (nSPS) is 14.8. The maximum Gasteiger partial charge on any atom is -0.00788 e. The van der Waals surface area contributed by atoms with Crippen molar-refractivity contribution in [2.24, 2.45) is 5.92 Å². The molecule has 1 atom stereocenters. The van der Waals surface area contributed by atoms with Gasteiger partial charge in [-0.2, -0.15) is 0 Å². The zero-order valence-electron chi connectivity index (χ0n) is 8.03. The summed E-state index contributed by atoms with van der Waals surface area (Å²) >= 11 is 0. The van der Waals surface area contributed by atoms with Gasteiger partial charge in [0.25, 0.3) is 0 Å². The second-order valence-corrected chi connectivity index (χ2v) is 2.70. The van der Waals surface area contributed by atoms with E-state index in [1.165, 1.54) is 0 Å². The molecule has 1 unspecified atom stereocenters. The predicted octanol–water partition coefficient (Wildman–Crippen LogP) is 3.89. The van der Waals surface area contributed by atoms with E-state index in [0.29, 0.717) is 5.92 Å². The lowest BCUT2D eigenvalue weighted by Crippen LogP contribution is -1.80. The zero-order valence-corrected chi connectivity index (χ0v) is 8.03. The summed E-state index contributed by atoms with van der Waals surface area (Å²) in [6.07, 6.45) is 15.4. The second kappa shape index (κ2) is 8.06. The van der Waals surface area contributed by atoms with Gasteiger partial charge in [0, 0.05) is 0 Å². The summed E-state index contributed by atoms with van der Waals surface area (Å²) in [7, 11) is 0. The molecule has 0 fully saturated rings. The van der Waals surface area contributed by atoms with Crippen LogP contribution in [0.15, 0.2) is 49.1 Å². The van der Waals surface area contributed by atoms with Crippen molar-refractivity contribution in [3.63, 3.8) is 0 Å². The van der Waals surface area contributed by atoms with E-state index in [9.17, 15) is 0 Å². The molecule has 0 aromatic rings. The molecule has 0 aromatic carbocycles. The van der Waals surface area contributed by atoms with Gasteiger partial charge in [-0.1, -0.05) is 63.0 Å². The Labute approximate surface area is 76.0 Å². The minimum Gasteiger partial charge on any atom is -0.0991 e. The molecule has 66 valence electrons. The summed E-state index contributed by atoms with van der Waals surface area (Å²) in [4.78, 5) is 0. The van der Waals surface area contributed by atoms with Crippen LogP contribution < -0.4 is 0 Å². The fourth-order valence-corrected chi connectivity index (χ4v) is 0.797. The maximum atomic E-state index is 3.59. The van der Waals surface area contributed by atoms with Crippen LogP contribution in [0.4, 0.5) is 0 Å². The van der Waals surface area contributed by atoms with Crippen molar-refractivity contribution in [2.45, 2.75) is 20.3 Å². The van der Waals surface area contributed by atoms with E-state index in [-0.39, 0.29) is 0 Å². The van der Waals surface area contributed by atoms with Crippen LogP contribution in [0.25, 0.3) is 0 Å². The third-order valence-electron chi connectivity index (χ3n) is 1.45. The average Bonchev–Trinajstić information content (AvgIpc) is 2.09. The lowest BCUT2D eigenvalue weighted by atomic mass is 10.1. The predicted molar refractivity (Wildman–Crippen MR) is 57.1 cm³/mol. The Kier molecular flexibility index (Phi) is 7.36. The van der Waals surface area contributed by atoms with Crippen molar-refractivity contribution in [3.8, 4) is 0 Å². The molecular weight excluding hydrogens is 144 g/mol. The Balaban J connectivity index is 3.74. The van der Waals surface area contributed by atoms with Crippen molar-refractivity contribution in [2.75, 3.05) is 0 Å². The van der Waals surface area contributed by atoms with Crippen LogP contribution >= 0.6 is 0 Å². The Morgan fingerprint density at radius 1 is 1.17 bits per heavy atom. The molecule has 0 saturated heterocycles. The molecule has 0 aromatic heterocycles. The molecule has 0 heteroatoms. The molecule has 0 heterocycles. The molecule has 0 bridgehead atoms. The highest BCUT2D eigenvalue weighted by Gasteiger charge is 1.85. The Bertz CT molecular complexity index is 182. The molecule has 0 amide bonds. The number of rotatable bonds is 5. The van der Waals surface area contributed by atoms with Gasteiger partial charge in [0.2, 0.25) is 0 Å². The number of allylic oxidation sites excluding steroid dienone is 7. The van der Waals surface area contributed by atoms with Gasteiger partial charge < -0.3 is 0 Å². The average molecular weight is 162 g/mol. The topological polar surface area (TPSA) is 0 Å². The van der Waals surface area contributed by atoms with E-state index in [0.717, 1.165) is 6.42 Å². The minimum atomic E-state index is 0.527. The van der Waals surface area contributed by atoms with Gasteiger partial charge in [0.1, 0.15) is 0 Å². The van der Waals surface area contributed by atoms with Gasteiger partial charge in [-0.3, -0.25) is 0 Å². The SMILES string of the molecule is C=C/C=C\C=C/C(C)/C=C/CC. The minimum absolute atomic E-state index is 0.527. The van der Waals surface area contributed by atoms with E-state index in [1.807, 2.05) is 18.2 Å². The first-order valence-electron chi connectivity index (χ1n) is 4.43. The lowest BCUT2D eigenvalue weighted by molar-refractivity contribution is 0.930. The first-order chi connectivity index (χ1) is 5.81. The van der Waals surface area contributed by atoms with Crippen LogP contribution in [0.3, 0.4) is 0 Å². The first-order valence-corrected chi connectivity index (χ1v) is 4.43. The van der Waals surface area contributed by atoms with Gasteiger partial charge in [-0.15, -0.1) is 0 Å². The van der Waals surface area contributed by atoms with E-state index < -0.39 is 0 Å². The van der Waals surface area contributed by atoms with E-state index in [1.54, 1.807) is 6.08 Å². The first kappa shape index (κ1) is 11.0. The molecule has 0 saturated carbocycles. The summed E-state index contributed by atoms with van der Waals surface area (Å²) < 4.78 is 0. The molecule has 0 N–H and O–H groups in total. The summed E-state index contributed by atoms with van der Waals surface area (Å²) in [5.41, 5.74) is 0. The van der Waals surface area contributed by atoms with Gasteiger partial charge >= 0.3 is 0 Å². The smallest absolute Gasteiger partial charge is 0.00788 e. The summed E-state index contributed by atoms with van der Waals surface area (Å²) in [6, 6.07) is 0. The van der Waals surface area contributed by atoms with Gasteiger partial charge in [0.05, 0.1) is 0 Å². The largest absolute Gasteiger partial charge is 0.0991 e. The van der Waals surface area contributed by atoms with Crippen LogP contribution in [0.5, 0.6) is 0 Å². The maximum absolute atomic E-state index is 3.59. The summed E-state index contributed by atoms with van der Waals surface area (Å²) in [5.74, 6) is 0.527. The molecule has 0 aliphatic heterocycles. The van der Waals surface area contributed by atoms with Crippen molar-refractivity contribution < 1.29 is 0 Å². The van der Waals surface area contributed by atoms with Crippen LogP contribution in [0.1, 0.15) is 20.3 Å². The Morgan fingerprint density at radius 2 is 1.92 bits per heavy atom. The second-order valence-electron chi connectivity index (χ2n) is 2.70. The highest BCUT2D eigenvalue weighted by atomic mass is 13.9. The standard InChI is InChI=1S/C12H18/c1-4-6-8-9-11-12(3)10-7-5-2/h4,6-12H,1,5H2,2-3H3/b8-6-,10-7+,11-9-. The van der Waals surface area contributed by atoms with Crippen LogP contribution in [-0.4, -0.2) is 0 Å². The quantitative estimate of drug-likeness (QED) is 0.425. The van der Waals surface area contributed by atoms with Crippen molar-refractivity contribution >= 4 is 0 Å². The number of hydrogen-bond acceptors (Lipinski definition) is 0. The monoisotopic (exact) mass is 162 g/mol. The van der Waals surface area contributed by atoms with Crippen molar-refractivity contribution in [3.05, 3.63) is 49.1 Å². The third-order valence-corrected chi connectivity index (χ3v) is 1.45. The van der Waals surface area contributed by atoms with Crippen molar-refractivity contribution in [1.29, 1.82) is 0 Å². The summed E-state index contributed by atoms with van der Waals surface area (Å²) in [5, 5.41) is 0. The van der Waals surface area contributed by atoms with Gasteiger partial charge in [-0.25, -0.2) is 0 Å². The van der Waals surface area contributed by atoms with Crippen LogP contribution in [0.2, 0.25) is 0 Å². The molecule has 0 radical (unpaired) electrons. The van der Waals surface area contributed by atoms with Crippen LogP contribution in [0, 0.1) is 5.92 Å². The Hall–Kier alpha value is -1.04. The third kappa shape index (κ3) is 7.07. The fraction of sp³-hybridized carbons (Fsp3) is 0.333. The fourth-order valence-electron chi connectivity index (χ4n) is 0.797. The molecular formula is C12H18. The highest BCUT2D eigenvalue weighted by Crippen LogP contribution is 2.00. The lowest BCUT2D eigenvalue weighted by Gasteiger charge is -1.94. The zero-order chi connectivity index (χ0) is 9.23. The van der Waals surface area contributed by atoms with E-state index in [4.69, 9.17) is 0 Å². The molecule has 12 heavy (non-hydrogen) atoms. The van der Waals surface area contributed by atoms with Crippen molar-refractivity contribution in [1.82, 2.24) is 0 Å². The Morgan fingerprint density at radius 3 is 2.50 bits per heavy atom. The van der Waals surface area contributed by atoms with E-state index in [2.05, 4.69) is 38.7 Å². The van der Waals surface area contributed by atoms with Crippen LogP contribution in [-0.2, 0) is 0 Å². The summed E-state index contributed by atoms with van der Waals surface area (Å²) in [6.45, 7) is 7.91. The molecule has 0 aliphatic rings. The molecule has 0 aliphatic carbocycles. The van der Waals surface area contributed by atoms with E-state index >= 15 is 0 Å². The highest BCUT2D eigenvalue weighted by molar-refractivity contribution is 5.11.